The summed E-state index contributed by atoms with van der Waals surface area (Å²) < 4.78 is 5.11. The molecule has 0 saturated carbocycles. The van der Waals surface area contributed by atoms with Crippen molar-refractivity contribution in [3.05, 3.63) is 41.5 Å². The Hall–Kier alpha value is -1.81. The highest BCUT2D eigenvalue weighted by molar-refractivity contribution is 5.77. The fourth-order valence-electron chi connectivity index (χ4n) is 2.42. The molecular weight excluding hydrogens is 252 g/mol. The summed E-state index contributed by atoms with van der Waals surface area (Å²) in [5, 5.41) is 0. The molecule has 2 rings (SSSR count). The third-order valence-corrected chi connectivity index (χ3v) is 3.65. The van der Waals surface area contributed by atoms with Crippen LogP contribution in [0.25, 0.3) is 0 Å². The highest BCUT2D eigenvalue weighted by Crippen LogP contribution is 2.15. The molecule has 1 aromatic carbocycles. The predicted octanol–water partition coefficient (Wildman–Crippen LogP) is 2.01. The molecule has 1 aliphatic heterocycles. The van der Waals surface area contributed by atoms with Crippen molar-refractivity contribution in [1.82, 2.24) is 4.90 Å². The topological polar surface area (TPSA) is 55.6 Å². The van der Waals surface area contributed by atoms with E-state index >= 15 is 0 Å². The summed E-state index contributed by atoms with van der Waals surface area (Å²) in [7, 11) is 1.70. The number of methoxy groups -OCH3 is 1. The molecule has 0 spiro atoms. The van der Waals surface area contributed by atoms with Gasteiger partial charge in [0, 0.05) is 32.3 Å². The van der Waals surface area contributed by atoms with Gasteiger partial charge in [-0.2, -0.15) is 0 Å². The molecule has 0 saturated heterocycles. The average molecular weight is 274 g/mol. The monoisotopic (exact) mass is 274 g/mol. The number of nitrogens with zero attached hydrogens (tertiary/aromatic N) is 1. The second-order valence-corrected chi connectivity index (χ2v) is 5.08. The van der Waals surface area contributed by atoms with Gasteiger partial charge in [0.1, 0.15) is 0 Å². The lowest BCUT2D eigenvalue weighted by Gasteiger charge is -2.26. The van der Waals surface area contributed by atoms with E-state index in [-0.39, 0.29) is 5.91 Å². The van der Waals surface area contributed by atoms with Gasteiger partial charge in [0.05, 0.1) is 6.61 Å². The second-order valence-electron chi connectivity index (χ2n) is 5.08. The zero-order chi connectivity index (χ0) is 14.4. The molecule has 20 heavy (non-hydrogen) atoms. The smallest absolute Gasteiger partial charge is 0.223 e. The number of benzene rings is 1. The zero-order valence-electron chi connectivity index (χ0n) is 12.0. The minimum atomic E-state index is 0.195. The number of carbonyl (C=O) groups is 1. The lowest BCUT2D eigenvalue weighted by molar-refractivity contribution is -0.130. The maximum atomic E-state index is 12.2. The Morgan fingerprint density at radius 2 is 2.20 bits per heavy atom. The van der Waals surface area contributed by atoms with E-state index in [1.807, 2.05) is 29.2 Å². The number of aryl methyl sites for hydroxylation is 1. The lowest BCUT2D eigenvalue weighted by atomic mass is 10.1. The summed E-state index contributed by atoms with van der Waals surface area (Å²) >= 11 is 0. The van der Waals surface area contributed by atoms with Crippen LogP contribution in [-0.4, -0.2) is 37.6 Å². The van der Waals surface area contributed by atoms with Crippen molar-refractivity contribution in [2.45, 2.75) is 19.3 Å². The van der Waals surface area contributed by atoms with E-state index in [9.17, 15) is 4.79 Å². The minimum Gasteiger partial charge on any atom is -0.399 e. The molecule has 0 fully saturated rings. The lowest BCUT2D eigenvalue weighted by Crippen LogP contribution is -2.35. The molecule has 108 valence electrons. The summed E-state index contributed by atoms with van der Waals surface area (Å²) in [6.45, 7) is 2.16. The number of hydrogen-bond acceptors (Lipinski definition) is 3. The van der Waals surface area contributed by atoms with Gasteiger partial charge < -0.3 is 15.4 Å². The van der Waals surface area contributed by atoms with Crippen molar-refractivity contribution in [2.75, 3.05) is 32.5 Å². The van der Waals surface area contributed by atoms with Gasteiger partial charge in [-0.15, -0.1) is 0 Å². The van der Waals surface area contributed by atoms with Crippen molar-refractivity contribution < 1.29 is 9.53 Å². The SMILES string of the molecule is COCC1=CCN(C(=O)CCc2ccccc2N)CC1. The number of nitrogens with two attached hydrogens (primary N) is 1. The van der Waals surface area contributed by atoms with E-state index in [0.717, 1.165) is 24.2 Å². The van der Waals surface area contributed by atoms with Crippen LogP contribution in [-0.2, 0) is 16.0 Å². The van der Waals surface area contributed by atoms with E-state index in [0.29, 0.717) is 26.0 Å². The van der Waals surface area contributed by atoms with E-state index < -0.39 is 0 Å². The quantitative estimate of drug-likeness (QED) is 0.660. The van der Waals surface area contributed by atoms with Crippen molar-refractivity contribution in [2.24, 2.45) is 0 Å². The van der Waals surface area contributed by atoms with Gasteiger partial charge in [-0.1, -0.05) is 24.3 Å². The molecule has 0 radical (unpaired) electrons. The predicted molar refractivity (Wildman–Crippen MR) is 80.3 cm³/mol. The van der Waals surface area contributed by atoms with Crippen molar-refractivity contribution >= 4 is 11.6 Å². The first-order valence-corrected chi connectivity index (χ1v) is 6.98. The van der Waals surface area contributed by atoms with E-state index in [1.54, 1.807) is 7.11 Å². The maximum Gasteiger partial charge on any atom is 0.223 e. The third kappa shape index (κ3) is 3.84. The first-order valence-electron chi connectivity index (χ1n) is 6.98. The minimum absolute atomic E-state index is 0.195. The Labute approximate surface area is 120 Å². The van der Waals surface area contributed by atoms with Crippen molar-refractivity contribution in [3.8, 4) is 0 Å². The maximum absolute atomic E-state index is 12.2. The molecule has 1 aromatic rings. The molecule has 2 N–H and O–H groups in total. The fourth-order valence-corrected chi connectivity index (χ4v) is 2.42. The van der Waals surface area contributed by atoms with Crippen molar-refractivity contribution in [3.63, 3.8) is 0 Å². The van der Waals surface area contributed by atoms with Gasteiger partial charge >= 0.3 is 0 Å². The number of amides is 1. The Balaban J connectivity index is 1.83. The number of hydrogen-bond donors (Lipinski definition) is 1. The van der Waals surface area contributed by atoms with Gasteiger partial charge in [0.2, 0.25) is 5.91 Å². The second kappa shape index (κ2) is 7.10. The average Bonchev–Trinajstić information content (AvgIpc) is 2.47. The number of nitrogen functional groups attached to an aromatic ring is 1. The summed E-state index contributed by atoms with van der Waals surface area (Å²) in [6, 6.07) is 7.72. The molecule has 4 heteroatoms. The van der Waals surface area contributed by atoms with Crippen LogP contribution in [0.5, 0.6) is 0 Å². The number of rotatable bonds is 5. The molecule has 0 unspecified atom stereocenters. The van der Waals surface area contributed by atoms with E-state index in [1.165, 1.54) is 5.57 Å². The number of carbonyl (C=O) groups excluding carboxylic acids is 1. The number of para-hydroxylation sites is 1. The largest absolute Gasteiger partial charge is 0.399 e. The molecular formula is C16H22N2O2. The Morgan fingerprint density at radius 1 is 1.40 bits per heavy atom. The number of anilines is 1. The van der Waals surface area contributed by atoms with Crippen LogP contribution in [0.3, 0.4) is 0 Å². The van der Waals surface area contributed by atoms with Crippen LogP contribution in [0, 0.1) is 0 Å². The molecule has 0 bridgehead atoms. The number of ether oxygens (including phenoxy) is 1. The van der Waals surface area contributed by atoms with Gasteiger partial charge in [-0.05, 0) is 30.0 Å². The fraction of sp³-hybridized carbons (Fsp3) is 0.438. The first-order chi connectivity index (χ1) is 9.70. The van der Waals surface area contributed by atoms with Crippen molar-refractivity contribution in [1.29, 1.82) is 0 Å². The Bertz CT molecular complexity index is 497. The molecule has 0 aromatic heterocycles. The van der Waals surface area contributed by atoms with E-state index in [2.05, 4.69) is 6.08 Å². The molecule has 1 aliphatic rings. The van der Waals surface area contributed by atoms with Crippen LogP contribution < -0.4 is 5.73 Å². The van der Waals surface area contributed by atoms with E-state index in [4.69, 9.17) is 10.5 Å². The third-order valence-electron chi connectivity index (χ3n) is 3.65. The molecule has 0 atom stereocenters. The molecule has 0 aliphatic carbocycles. The summed E-state index contributed by atoms with van der Waals surface area (Å²) in [5.74, 6) is 0.195. The van der Waals surface area contributed by atoms with Gasteiger partial charge in [0.15, 0.2) is 0 Å². The van der Waals surface area contributed by atoms with Gasteiger partial charge in [-0.3, -0.25) is 4.79 Å². The zero-order valence-corrected chi connectivity index (χ0v) is 12.0. The highest BCUT2D eigenvalue weighted by atomic mass is 16.5. The standard InChI is InChI=1S/C16H22N2O2/c1-20-12-13-8-10-18(11-9-13)16(19)7-6-14-4-2-3-5-15(14)17/h2-5,8H,6-7,9-12,17H2,1H3. The van der Waals surface area contributed by atoms with Gasteiger partial charge in [0.25, 0.3) is 0 Å². The Morgan fingerprint density at radius 3 is 2.85 bits per heavy atom. The normalized spacial score (nSPS) is 15.1. The highest BCUT2D eigenvalue weighted by Gasteiger charge is 2.17. The van der Waals surface area contributed by atoms with Crippen LogP contribution >= 0.6 is 0 Å². The Kier molecular flexibility index (Phi) is 5.18. The summed E-state index contributed by atoms with van der Waals surface area (Å²) in [6.07, 6.45) is 4.23. The van der Waals surface area contributed by atoms with Crippen LogP contribution in [0.4, 0.5) is 5.69 Å². The van der Waals surface area contributed by atoms with Crippen LogP contribution in [0.2, 0.25) is 0 Å². The van der Waals surface area contributed by atoms with Crippen LogP contribution in [0.15, 0.2) is 35.9 Å². The first kappa shape index (κ1) is 14.6. The molecule has 1 heterocycles. The summed E-state index contributed by atoms with van der Waals surface area (Å²) in [5.41, 5.74) is 8.98. The molecule has 4 nitrogen and oxygen atoms in total. The molecule has 1 amide bonds. The summed E-state index contributed by atoms with van der Waals surface area (Å²) in [4.78, 5) is 14.1. The van der Waals surface area contributed by atoms with Crippen LogP contribution in [0.1, 0.15) is 18.4 Å². The van der Waals surface area contributed by atoms with Gasteiger partial charge in [-0.25, -0.2) is 0 Å².